The fourth-order valence-corrected chi connectivity index (χ4v) is 4.99. The minimum Gasteiger partial charge on any atom is -0.472 e. The van der Waals surface area contributed by atoms with E-state index >= 15 is 0 Å². The monoisotopic (exact) mass is 466 g/mol. The number of rotatable bonds is 6. The van der Waals surface area contributed by atoms with E-state index in [1.807, 2.05) is 0 Å². The zero-order valence-electron chi connectivity index (χ0n) is 17.4. The van der Waals surface area contributed by atoms with Crippen LogP contribution >= 0.6 is 0 Å². The molecule has 1 aromatic carbocycles. The lowest BCUT2D eigenvalue weighted by molar-refractivity contribution is -0.344. The van der Waals surface area contributed by atoms with Gasteiger partial charge in [-0.25, -0.2) is 4.79 Å². The maximum absolute atomic E-state index is 12.4. The van der Waals surface area contributed by atoms with E-state index in [2.05, 4.69) is 0 Å². The van der Waals surface area contributed by atoms with Crippen LogP contribution in [0.1, 0.15) is 10.4 Å². The van der Waals surface area contributed by atoms with Crippen LogP contribution < -0.4 is 0 Å². The van der Waals surface area contributed by atoms with Gasteiger partial charge in [0.05, 0.1) is 30.5 Å². The SMILES string of the molecule is O=C(OC[C@]12O[C@H]1[C@@H](O)[C@@H]1C=CO[C@@H](O[C@H]3O[C@H](CO)[C@@H](O)[C@H](O)[C@H]3O)[C@H]12)c1ccccc1. The van der Waals surface area contributed by atoms with Crippen molar-refractivity contribution >= 4 is 5.97 Å². The molecule has 3 fully saturated rings. The molecular weight excluding hydrogens is 440 g/mol. The summed E-state index contributed by atoms with van der Waals surface area (Å²) in [5.41, 5.74) is -0.701. The van der Waals surface area contributed by atoms with Crippen LogP contribution in [-0.4, -0.2) is 99.5 Å². The van der Waals surface area contributed by atoms with Crippen molar-refractivity contribution in [2.45, 2.75) is 54.8 Å². The van der Waals surface area contributed by atoms with Crippen molar-refractivity contribution in [3.8, 4) is 0 Å². The molecular formula is C22H26O11. The maximum atomic E-state index is 12.4. The molecule has 11 nitrogen and oxygen atoms in total. The summed E-state index contributed by atoms with van der Waals surface area (Å²) in [5.74, 6) is -1.61. The van der Waals surface area contributed by atoms with E-state index < -0.39 is 79.2 Å². The quantitative estimate of drug-likeness (QED) is 0.239. The van der Waals surface area contributed by atoms with Gasteiger partial charge >= 0.3 is 5.97 Å². The van der Waals surface area contributed by atoms with Crippen LogP contribution in [0.15, 0.2) is 42.7 Å². The Kier molecular flexibility index (Phi) is 5.91. The van der Waals surface area contributed by atoms with Crippen molar-refractivity contribution in [3.05, 3.63) is 48.2 Å². The molecule has 2 saturated heterocycles. The second-order valence-electron chi connectivity index (χ2n) is 8.70. The molecule has 0 spiro atoms. The predicted molar refractivity (Wildman–Crippen MR) is 106 cm³/mol. The summed E-state index contributed by atoms with van der Waals surface area (Å²) in [7, 11) is 0. The molecule has 11 atom stereocenters. The number of aliphatic hydroxyl groups is 5. The lowest BCUT2D eigenvalue weighted by Crippen LogP contribution is -2.60. The first-order chi connectivity index (χ1) is 15.9. The van der Waals surface area contributed by atoms with Gasteiger partial charge < -0.3 is 49.2 Å². The number of benzene rings is 1. The van der Waals surface area contributed by atoms with Crippen LogP contribution in [0.4, 0.5) is 0 Å². The van der Waals surface area contributed by atoms with E-state index in [4.69, 9.17) is 23.7 Å². The zero-order valence-corrected chi connectivity index (χ0v) is 17.4. The number of ether oxygens (including phenoxy) is 5. The Bertz CT molecular complexity index is 892. The van der Waals surface area contributed by atoms with E-state index in [9.17, 15) is 30.3 Å². The first-order valence-corrected chi connectivity index (χ1v) is 10.7. The maximum Gasteiger partial charge on any atom is 0.338 e. The van der Waals surface area contributed by atoms with Crippen molar-refractivity contribution in [1.29, 1.82) is 0 Å². The Morgan fingerprint density at radius 2 is 1.76 bits per heavy atom. The van der Waals surface area contributed by atoms with E-state index in [-0.39, 0.29) is 6.61 Å². The second kappa shape index (κ2) is 8.60. The number of hydrogen-bond donors (Lipinski definition) is 5. The van der Waals surface area contributed by atoms with E-state index in [1.165, 1.54) is 6.26 Å². The normalized spacial score (nSPS) is 45.6. The summed E-state index contributed by atoms with van der Waals surface area (Å²) in [6.45, 7) is -0.763. The minimum atomic E-state index is -1.62. The molecule has 0 amide bonds. The number of carbonyl (C=O) groups excluding carboxylic acids is 1. The van der Waals surface area contributed by atoms with Crippen LogP contribution in [0, 0.1) is 11.8 Å². The van der Waals surface area contributed by atoms with E-state index in [1.54, 1.807) is 36.4 Å². The van der Waals surface area contributed by atoms with Crippen molar-refractivity contribution in [3.63, 3.8) is 0 Å². The Balaban J connectivity index is 1.32. The lowest BCUT2D eigenvalue weighted by Gasteiger charge is -2.43. The summed E-state index contributed by atoms with van der Waals surface area (Å²) < 4.78 is 28.1. The fourth-order valence-electron chi connectivity index (χ4n) is 4.99. The summed E-state index contributed by atoms with van der Waals surface area (Å²) in [6, 6.07) is 8.44. The number of aliphatic hydroxyl groups excluding tert-OH is 5. The highest BCUT2D eigenvalue weighted by Gasteiger charge is 2.76. The summed E-state index contributed by atoms with van der Waals surface area (Å²) in [5, 5.41) is 50.4. The van der Waals surface area contributed by atoms with Gasteiger partial charge in [-0.05, 0) is 18.2 Å². The summed E-state index contributed by atoms with van der Waals surface area (Å²) in [4.78, 5) is 12.4. The van der Waals surface area contributed by atoms with Crippen LogP contribution in [0.25, 0.3) is 0 Å². The largest absolute Gasteiger partial charge is 0.472 e. The second-order valence-corrected chi connectivity index (χ2v) is 8.70. The number of hydrogen-bond acceptors (Lipinski definition) is 11. The van der Waals surface area contributed by atoms with Crippen molar-refractivity contribution in [1.82, 2.24) is 0 Å². The molecule has 1 saturated carbocycles. The summed E-state index contributed by atoms with van der Waals surface area (Å²) in [6.07, 6.45) is -6.93. The molecule has 0 unspecified atom stereocenters. The highest BCUT2D eigenvalue weighted by Crippen LogP contribution is 2.60. The molecule has 0 bridgehead atoms. The predicted octanol–water partition coefficient (Wildman–Crippen LogP) is -1.73. The third-order valence-corrected chi connectivity index (χ3v) is 6.82. The molecule has 33 heavy (non-hydrogen) atoms. The third kappa shape index (κ3) is 3.74. The number of fused-ring (bicyclic) bond motifs is 3. The summed E-state index contributed by atoms with van der Waals surface area (Å²) >= 11 is 0. The van der Waals surface area contributed by atoms with Crippen molar-refractivity contribution in [2.24, 2.45) is 11.8 Å². The van der Waals surface area contributed by atoms with Crippen LogP contribution in [0.2, 0.25) is 0 Å². The van der Waals surface area contributed by atoms with Crippen LogP contribution in [0.3, 0.4) is 0 Å². The molecule has 11 heteroatoms. The van der Waals surface area contributed by atoms with Crippen molar-refractivity contribution < 1.29 is 54.0 Å². The molecule has 1 aliphatic carbocycles. The highest BCUT2D eigenvalue weighted by atomic mass is 16.8. The van der Waals surface area contributed by atoms with E-state index in [0.29, 0.717) is 5.56 Å². The van der Waals surface area contributed by atoms with Crippen molar-refractivity contribution in [2.75, 3.05) is 13.2 Å². The molecule has 3 heterocycles. The average Bonchev–Trinajstić information content (AvgIpc) is 3.52. The minimum absolute atomic E-state index is 0.157. The van der Waals surface area contributed by atoms with Gasteiger partial charge in [0.2, 0.25) is 6.29 Å². The fraction of sp³-hybridized carbons (Fsp3) is 0.591. The molecule has 4 aliphatic rings. The number of epoxide rings is 1. The van der Waals surface area contributed by atoms with Gasteiger partial charge in [-0.1, -0.05) is 18.2 Å². The molecule has 5 N–H and O–H groups in total. The van der Waals surface area contributed by atoms with E-state index in [0.717, 1.165) is 0 Å². The topological polar surface area (TPSA) is 168 Å². The number of esters is 1. The molecule has 1 aromatic rings. The van der Waals surface area contributed by atoms with Gasteiger partial charge in [0.1, 0.15) is 42.7 Å². The molecule has 180 valence electrons. The van der Waals surface area contributed by atoms with Gasteiger partial charge in [0, 0.05) is 5.92 Å². The Morgan fingerprint density at radius 1 is 1.00 bits per heavy atom. The lowest BCUT2D eigenvalue weighted by atomic mass is 9.85. The van der Waals surface area contributed by atoms with Gasteiger partial charge in [-0.15, -0.1) is 0 Å². The zero-order chi connectivity index (χ0) is 23.3. The molecule has 0 aromatic heterocycles. The molecule has 5 rings (SSSR count). The Hall–Kier alpha value is -2.09. The van der Waals surface area contributed by atoms with Gasteiger partial charge in [-0.2, -0.15) is 0 Å². The van der Waals surface area contributed by atoms with Crippen LogP contribution in [-0.2, 0) is 23.7 Å². The Morgan fingerprint density at radius 3 is 2.48 bits per heavy atom. The van der Waals surface area contributed by atoms with Crippen LogP contribution in [0.5, 0.6) is 0 Å². The highest BCUT2D eigenvalue weighted by molar-refractivity contribution is 5.89. The van der Waals surface area contributed by atoms with Gasteiger partial charge in [0.15, 0.2) is 6.29 Å². The van der Waals surface area contributed by atoms with Gasteiger partial charge in [0.25, 0.3) is 0 Å². The average molecular weight is 466 g/mol. The molecule has 0 radical (unpaired) electrons. The smallest absolute Gasteiger partial charge is 0.338 e. The third-order valence-electron chi connectivity index (χ3n) is 6.82. The Labute approximate surface area is 188 Å². The van der Waals surface area contributed by atoms with Gasteiger partial charge in [-0.3, -0.25) is 0 Å². The molecule has 3 aliphatic heterocycles. The first-order valence-electron chi connectivity index (χ1n) is 10.7. The number of carbonyl (C=O) groups is 1. The standard InChI is InChI=1S/C22H26O11/c23-8-12-15(25)16(26)17(27)21(31-12)32-20-13-11(6-7-29-20)14(24)18-22(13,33-18)9-30-19(28)10-4-2-1-3-5-10/h1-7,11-18,20-21,23-27H,8-9H2/t11-,12-,13+,14+,15-,16+,17-,18+,20+,21-,22-/m1/s1. The first kappa shape index (κ1) is 22.7.